The van der Waals surface area contributed by atoms with E-state index in [2.05, 4.69) is 0 Å². The maximum absolute atomic E-state index is 11.9. The molecule has 0 bridgehead atoms. The average molecular weight is 241 g/mol. The number of hydrogen-bond donors (Lipinski definition) is 0. The SMILES string of the molecule is CO[S+](C(=O)OC(C)(C)C)c1ccccc1. The molecule has 0 amide bonds. The molecular formula is C12H17O3S+. The largest absolute Gasteiger partial charge is 0.568 e. The van der Waals surface area contributed by atoms with Gasteiger partial charge in [0.2, 0.25) is 4.90 Å². The van der Waals surface area contributed by atoms with Gasteiger partial charge in [-0.3, -0.25) is 0 Å². The zero-order chi connectivity index (χ0) is 12.2. The lowest BCUT2D eigenvalue weighted by atomic mass is 10.2. The summed E-state index contributed by atoms with van der Waals surface area (Å²) in [6.07, 6.45) is 0. The summed E-state index contributed by atoms with van der Waals surface area (Å²) in [4.78, 5) is 12.7. The predicted molar refractivity (Wildman–Crippen MR) is 65.3 cm³/mol. The summed E-state index contributed by atoms with van der Waals surface area (Å²) in [5.74, 6) is 0. The first-order chi connectivity index (χ1) is 7.44. The highest BCUT2D eigenvalue weighted by Crippen LogP contribution is 2.20. The van der Waals surface area contributed by atoms with Crippen LogP contribution in [0.1, 0.15) is 20.8 Å². The normalized spacial score (nSPS) is 13.2. The number of carbonyl (C=O) groups is 1. The van der Waals surface area contributed by atoms with Gasteiger partial charge < -0.3 is 4.74 Å². The standard InChI is InChI=1S/C12H17O3S/c1-12(2,3)15-11(13)16(14-4)10-8-6-5-7-9-10/h5-9H,1-4H3/q+1. The quantitative estimate of drug-likeness (QED) is 0.589. The van der Waals surface area contributed by atoms with Gasteiger partial charge in [0.05, 0.1) is 7.11 Å². The van der Waals surface area contributed by atoms with Crippen LogP contribution in [-0.4, -0.2) is 18.0 Å². The first-order valence-electron chi connectivity index (χ1n) is 5.01. The molecule has 4 heteroatoms. The summed E-state index contributed by atoms with van der Waals surface area (Å²) in [6.45, 7) is 5.52. The number of hydrogen-bond acceptors (Lipinski definition) is 3. The van der Waals surface area contributed by atoms with Crippen molar-refractivity contribution in [2.24, 2.45) is 0 Å². The summed E-state index contributed by atoms with van der Waals surface area (Å²) >= 11 is -0.947. The van der Waals surface area contributed by atoms with E-state index in [1.165, 1.54) is 7.11 Å². The molecule has 0 heterocycles. The smallest absolute Gasteiger partial charge is 0.417 e. The lowest BCUT2D eigenvalue weighted by molar-refractivity contribution is 0.0717. The Balaban J connectivity index is 2.80. The highest BCUT2D eigenvalue weighted by atomic mass is 32.2. The molecule has 0 spiro atoms. The monoisotopic (exact) mass is 241 g/mol. The lowest BCUT2D eigenvalue weighted by Gasteiger charge is -2.16. The Morgan fingerprint density at radius 3 is 2.19 bits per heavy atom. The third kappa shape index (κ3) is 3.87. The fourth-order valence-electron chi connectivity index (χ4n) is 1.09. The molecule has 0 N–H and O–H groups in total. The van der Waals surface area contributed by atoms with Crippen molar-refractivity contribution in [3.05, 3.63) is 30.3 Å². The second-order valence-corrected chi connectivity index (χ2v) is 5.89. The number of rotatable bonds is 2. The van der Waals surface area contributed by atoms with E-state index in [1.807, 2.05) is 51.1 Å². The Hall–Kier alpha value is -1.00. The van der Waals surface area contributed by atoms with Crippen molar-refractivity contribution in [1.29, 1.82) is 0 Å². The van der Waals surface area contributed by atoms with Gasteiger partial charge in [0.15, 0.2) is 0 Å². The maximum Gasteiger partial charge on any atom is 0.568 e. The third-order valence-corrected chi connectivity index (χ3v) is 3.08. The van der Waals surface area contributed by atoms with Crippen molar-refractivity contribution >= 4 is 16.5 Å². The molecule has 0 saturated heterocycles. The molecule has 88 valence electrons. The van der Waals surface area contributed by atoms with Crippen LogP contribution < -0.4 is 0 Å². The Kier molecular flexibility index (Phi) is 4.38. The van der Waals surface area contributed by atoms with E-state index in [-0.39, 0.29) is 5.30 Å². The van der Waals surface area contributed by atoms with E-state index in [9.17, 15) is 4.79 Å². The van der Waals surface area contributed by atoms with Crippen LogP contribution in [0.15, 0.2) is 35.2 Å². The van der Waals surface area contributed by atoms with E-state index < -0.39 is 16.8 Å². The van der Waals surface area contributed by atoms with Crippen molar-refractivity contribution in [3.63, 3.8) is 0 Å². The van der Waals surface area contributed by atoms with Crippen LogP contribution >= 0.6 is 0 Å². The van der Waals surface area contributed by atoms with E-state index >= 15 is 0 Å². The molecule has 0 radical (unpaired) electrons. The second kappa shape index (κ2) is 5.37. The molecule has 1 aromatic carbocycles. The first kappa shape index (κ1) is 13.1. The Bertz CT molecular complexity index is 343. The molecule has 0 aliphatic heterocycles. The maximum atomic E-state index is 11.9. The summed E-state index contributed by atoms with van der Waals surface area (Å²) in [7, 11) is 1.51. The van der Waals surface area contributed by atoms with Crippen LogP contribution in [0.4, 0.5) is 4.79 Å². The van der Waals surface area contributed by atoms with E-state index in [1.54, 1.807) is 0 Å². The summed E-state index contributed by atoms with van der Waals surface area (Å²) in [5, 5.41) is -0.332. The van der Waals surface area contributed by atoms with Crippen LogP contribution in [-0.2, 0) is 20.1 Å². The van der Waals surface area contributed by atoms with Gasteiger partial charge in [0.1, 0.15) is 5.60 Å². The minimum Gasteiger partial charge on any atom is -0.417 e. The molecule has 0 saturated carbocycles. The molecule has 16 heavy (non-hydrogen) atoms. The molecule has 3 nitrogen and oxygen atoms in total. The fourth-order valence-corrected chi connectivity index (χ4v) is 2.34. The molecule has 1 rings (SSSR count). The number of benzene rings is 1. The molecule has 0 aliphatic rings. The van der Waals surface area contributed by atoms with Crippen LogP contribution in [0.5, 0.6) is 0 Å². The van der Waals surface area contributed by atoms with Crippen molar-refractivity contribution in [2.45, 2.75) is 31.3 Å². The number of carbonyl (C=O) groups excluding carboxylic acids is 1. The molecule has 1 atom stereocenters. The van der Waals surface area contributed by atoms with Crippen molar-refractivity contribution in [3.8, 4) is 0 Å². The highest BCUT2D eigenvalue weighted by Gasteiger charge is 2.39. The predicted octanol–water partition coefficient (Wildman–Crippen LogP) is 3.16. The topological polar surface area (TPSA) is 35.5 Å². The lowest BCUT2D eigenvalue weighted by Crippen LogP contribution is -2.28. The van der Waals surface area contributed by atoms with Crippen LogP contribution in [0.25, 0.3) is 0 Å². The molecule has 0 aromatic heterocycles. The zero-order valence-electron chi connectivity index (χ0n) is 10.0. The van der Waals surface area contributed by atoms with E-state index in [4.69, 9.17) is 8.92 Å². The average Bonchev–Trinajstić information content (AvgIpc) is 2.17. The van der Waals surface area contributed by atoms with Crippen LogP contribution in [0.3, 0.4) is 0 Å². The third-order valence-electron chi connectivity index (χ3n) is 1.66. The summed E-state index contributed by atoms with van der Waals surface area (Å²) in [6, 6.07) is 9.36. The minimum atomic E-state index is -0.947. The van der Waals surface area contributed by atoms with E-state index in [0.717, 1.165) is 4.90 Å². The van der Waals surface area contributed by atoms with Crippen molar-refractivity contribution in [1.82, 2.24) is 0 Å². The minimum absolute atomic E-state index is 0.332. The van der Waals surface area contributed by atoms with Crippen LogP contribution in [0, 0.1) is 0 Å². The number of ether oxygens (including phenoxy) is 1. The van der Waals surface area contributed by atoms with Gasteiger partial charge >= 0.3 is 16.5 Å². The summed E-state index contributed by atoms with van der Waals surface area (Å²) in [5.41, 5.74) is -0.490. The molecule has 1 unspecified atom stereocenters. The Morgan fingerprint density at radius 2 is 1.75 bits per heavy atom. The first-order valence-corrected chi connectivity index (χ1v) is 6.16. The second-order valence-electron chi connectivity index (χ2n) is 4.21. The van der Waals surface area contributed by atoms with Crippen molar-refractivity contribution in [2.75, 3.05) is 7.11 Å². The summed E-state index contributed by atoms with van der Waals surface area (Å²) < 4.78 is 10.5. The molecule has 0 aliphatic carbocycles. The van der Waals surface area contributed by atoms with Gasteiger partial charge in [-0.15, -0.1) is 0 Å². The van der Waals surface area contributed by atoms with E-state index in [0.29, 0.717) is 0 Å². The zero-order valence-corrected chi connectivity index (χ0v) is 10.8. The van der Waals surface area contributed by atoms with Crippen molar-refractivity contribution < 1.29 is 13.7 Å². The molecule has 1 aromatic rings. The van der Waals surface area contributed by atoms with Crippen LogP contribution in [0.2, 0.25) is 0 Å². The van der Waals surface area contributed by atoms with Gasteiger partial charge in [0, 0.05) is 0 Å². The Labute approximate surface area is 99.3 Å². The molecule has 0 fully saturated rings. The highest BCUT2D eigenvalue weighted by molar-refractivity contribution is 8.06. The van der Waals surface area contributed by atoms with Gasteiger partial charge in [-0.05, 0) is 32.9 Å². The van der Waals surface area contributed by atoms with Gasteiger partial charge in [-0.1, -0.05) is 18.2 Å². The molecular weight excluding hydrogens is 224 g/mol. The van der Waals surface area contributed by atoms with Gasteiger partial charge in [0.25, 0.3) is 0 Å². The van der Waals surface area contributed by atoms with Gasteiger partial charge in [-0.2, -0.15) is 8.98 Å². The van der Waals surface area contributed by atoms with Gasteiger partial charge in [-0.25, -0.2) is 0 Å². The fraction of sp³-hybridized carbons (Fsp3) is 0.417. The Morgan fingerprint density at radius 1 is 1.19 bits per heavy atom.